The number of benzene rings is 1. The minimum Gasteiger partial charge on any atom is -0.453 e. The normalized spacial score (nSPS) is 12.1. The molecule has 0 aliphatic heterocycles. The second kappa shape index (κ2) is 5.86. The van der Waals surface area contributed by atoms with Crippen LogP contribution in [0.1, 0.15) is 10.6 Å². The van der Waals surface area contributed by atoms with E-state index in [1.807, 2.05) is 0 Å². The molecule has 1 aromatic carbocycles. The number of carbonyl (C=O) groups is 1. The molecule has 0 aliphatic rings. The Morgan fingerprint density at radius 2 is 1.48 bits per heavy atom. The number of alkyl halides is 6. The Morgan fingerprint density at radius 1 is 0.870 bits per heavy atom. The predicted octanol–water partition coefficient (Wildman–Crippen LogP) is 4.56. The minimum absolute atomic E-state index is 0.0299. The summed E-state index contributed by atoms with van der Waals surface area (Å²) >= 11 is 0. The van der Waals surface area contributed by atoms with E-state index in [4.69, 9.17) is 4.42 Å². The molecule has 0 unspecified atom stereocenters. The molecule has 0 radical (unpaired) electrons. The Bertz CT molecular complexity index is 701. The van der Waals surface area contributed by atoms with Gasteiger partial charge in [0.15, 0.2) is 23.5 Å². The van der Waals surface area contributed by atoms with E-state index in [0.29, 0.717) is 18.4 Å². The summed E-state index contributed by atoms with van der Waals surface area (Å²) in [4.78, 5) is 10.5. The van der Waals surface area contributed by atoms with E-state index in [-0.39, 0.29) is 17.1 Å². The molecule has 0 saturated carbocycles. The van der Waals surface area contributed by atoms with Crippen LogP contribution in [0.5, 0.6) is 11.5 Å². The molecule has 10 heteroatoms. The van der Waals surface area contributed by atoms with Gasteiger partial charge >= 0.3 is 12.7 Å². The molecule has 0 amide bonds. The smallest absolute Gasteiger partial charge is 0.453 e. The molecule has 1 aromatic heterocycles. The van der Waals surface area contributed by atoms with Gasteiger partial charge in [-0.1, -0.05) is 0 Å². The third-order valence-corrected chi connectivity index (χ3v) is 2.42. The summed E-state index contributed by atoms with van der Waals surface area (Å²) in [6.07, 6.45) is -10.1. The Morgan fingerprint density at radius 3 is 2.00 bits per heavy atom. The van der Waals surface area contributed by atoms with Crippen LogP contribution in [0.25, 0.3) is 11.3 Å². The fourth-order valence-electron chi connectivity index (χ4n) is 1.65. The standard InChI is InChI=1S/C13H6F6O4/c14-12(15,16)22-10-3-1-7(5-11(10)23-13(17,18)19)9-4-2-8(6-20)21-9/h1-6H. The van der Waals surface area contributed by atoms with Crippen LogP contribution in [0.4, 0.5) is 26.3 Å². The van der Waals surface area contributed by atoms with Crippen molar-refractivity contribution in [3.8, 4) is 22.8 Å². The Kier molecular flexibility index (Phi) is 4.26. The van der Waals surface area contributed by atoms with Crippen molar-refractivity contribution in [3.63, 3.8) is 0 Å². The number of carbonyl (C=O) groups excluding carboxylic acids is 1. The van der Waals surface area contributed by atoms with Crippen molar-refractivity contribution in [2.45, 2.75) is 12.7 Å². The molecule has 0 N–H and O–H groups in total. The van der Waals surface area contributed by atoms with Crippen molar-refractivity contribution in [1.82, 2.24) is 0 Å². The molecule has 0 fully saturated rings. The molecular weight excluding hydrogens is 334 g/mol. The summed E-state index contributed by atoms with van der Waals surface area (Å²) in [7, 11) is 0. The first kappa shape index (κ1) is 16.7. The first-order chi connectivity index (χ1) is 10.6. The number of hydrogen-bond acceptors (Lipinski definition) is 4. The van der Waals surface area contributed by atoms with Crippen molar-refractivity contribution in [3.05, 3.63) is 36.1 Å². The molecule has 0 saturated heterocycles. The molecule has 1 heterocycles. The minimum atomic E-state index is -5.22. The van der Waals surface area contributed by atoms with Crippen LogP contribution in [-0.4, -0.2) is 19.0 Å². The van der Waals surface area contributed by atoms with Crippen molar-refractivity contribution in [2.24, 2.45) is 0 Å². The maximum absolute atomic E-state index is 12.3. The molecule has 124 valence electrons. The fourth-order valence-corrected chi connectivity index (χ4v) is 1.65. The highest BCUT2D eigenvalue weighted by Gasteiger charge is 2.36. The summed E-state index contributed by atoms with van der Waals surface area (Å²) in [5, 5.41) is 0. The van der Waals surface area contributed by atoms with Gasteiger partial charge in [-0.2, -0.15) is 0 Å². The monoisotopic (exact) mass is 340 g/mol. The van der Waals surface area contributed by atoms with Gasteiger partial charge in [0.25, 0.3) is 0 Å². The van der Waals surface area contributed by atoms with Gasteiger partial charge in [0, 0.05) is 5.56 Å². The number of halogens is 6. The highest BCUT2D eigenvalue weighted by Crippen LogP contribution is 2.38. The van der Waals surface area contributed by atoms with Gasteiger partial charge in [-0.3, -0.25) is 4.79 Å². The predicted molar refractivity (Wildman–Crippen MR) is 62.9 cm³/mol. The Hall–Kier alpha value is -2.65. The molecule has 0 atom stereocenters. The zero-order valence-corrected chi connectivity index (χ0v) is 10.9. The third-order valence-electron chi connectivity index (χ3n) is 2.42. The first-order valence-corrected chi connectivity index (χ1v) is 5.78. The number of furan rings is 1. The van der Waals surface area contributed by atoms with Gasteiger partial charge in [0.1, 0.15) is 5.76 Å². The van der Waals surface area contributed by atoms with Gasteiger partial charge in [0.05, 0.1) is 0 Å². The molecule has 23 heavy (non-hydrogen) atoms. The van der Waals surface area contributed by atoms with Crippen molar-refractivity contribution < 1.29 is 45.0 Å². The van der Waals surface area contributed by atoms with Crippen molar-refractivity contribution in [2.75, 3.05) is 0 Å². The number of ether oxygens (including phenoxy) is 2. The molecule has 0 bridgehead atoms. The van der Waals surface area contributed by atoms with E-state index in [9.17, 15) is 31.1 Å². The zero-order chi connectivity index (χ0) is 17.3. The van der Waals surface area contributed by atoms with Gasteiger partial charge < -0.3 is 13.9 Å². The summed E-state index contributed by atoms with van der Waals surface area (Å²) in [6, 6.07) is 4.83. The third kappa shape index (κ3) is 4.66. The van der Waals surface area contributed by atoms with Crippen LogP contribution in [0.15, 0.2) is 34.7 Å². The lowest BCUT2D eigenvalue weighted by atomic mass is 10.1. The lowest BCUT2D eigenvalue weighted by Crippen LogP contribution is -2.21. The zero-order valence-electron chi connectivity index (χ0n) is 10.9. The maximum atomic E-state index is 12.3. The highest BCUT2D eigenvalue weighted by atomic mass is 19.4. The number of hydrogen-bond donors (Lipinski definition) is 0. The number of aldehydes is 1. The average molecular weight is 340 g/mol. The van der Waals surface area contributed by atoms with Crippen LogP contribution < -0.4 is 9.47 Å². The molecule has 0 spiro atoms. The van der Waals surface area contributed by atoms with Gasteiger partial charge in [-0.15, -0.1) is 26.3 Å². The van der Waals surface area contributed by atoms with Gasteiger partial charge in [-0.05, 0) is 30.3 Å². The summed E-state index contributed by atoms with van der Waals surface area (Å²) in [5.74, 6) is -2.50. The topological polar surface area (TPSA) is 48.7 Å². The molecule has 2 rings (SSSR count). The van der Waals surface area contributed by atoms with Gasteiger partial charge in [-0.25, -0.2) is 0 Å². The van der Waals surface area contributed by atoms with E-state index in [1.165, 1.54) is 12.1 Å². The molecular formula is C13H6F6O4. The van der Waals surface area contributed by atoms with Crippen LogP contribution in [0.2, 0.25) is 0 Å². The Labute approximate surface area is 124 Å². The van der Waals surface area contributed by atoms with E-state index in [1.54, 1.807) is 0 Å². The van der Waals surface area contributed by atoms with Crippen molar-refractivity contribution >= 4 is 6.29 Å². The maximum Gasteiger partial charge on any atom is 0.573 e. The van der Waals surface area contributed by atoms with E-state index < -0.39 is 24.2 Å². The second-order valence-corrected chi connectivity index (χ2v) is 4.08. The lowest BCUT2D eigenvalue weighted by Gasteiger charge is -2.16. The van der Waals surface area contributed by atoms with E-state index in [2.05, 4.69) is 9.47 Å². The highest BCUT2D eigenvalue weighted by molar-refractivity contribution is 5.73. The summed E-state index contributed by atoms with van der Waals surface area (Å²) in [6.45, 7) is 0. The van der Waals surface area contributed by atoms with E-state index >= 15 is 0 Å². The first-order valence-electron chi connectivity index (χ1n) is 5.78. The van der Waals surface area contributed by atoms with Crippen LogP contribution in [0, 0.1) is 0 Å². The second-order valence-electron chi connectivity index (χ2n) is 4.08. The molecule has 4 nitrogen and oxygen atoms in total. The molecule has 2 aromatic rings. The summed E-state index contributed by atoms with van der Waals surface area (Å²) < 4.78 is 85.6. The lowest BCUT2D eigenvalue weighted by molar-refractivity contribution is -0.287. The Balaban J connectivity index is 2.43. The largest absolute Gasteiger partial charge is 0.573 e. The quantitative estimate of drug-likeness (QED) is 0.605. The summed E-state index contributed by atoms with van der Waals surface area (Å²) in [5.41, 5.74) is -0.0353. The van der Waals surface area contributed by atoms with Crippen molar-refractivity contribution in [1.29, 1.82) is 0 Å². The van der Waals surface area contributed by atoms with E-state index in [0.717, 1.165) is 6.07 Å². The molecule has 0 aliphatic carbocycles. The van der Waals surface area contributed by atoms with Gasteiger partial charge in [0.2, 0.25) is 0 Å². The van der Waals surface area contributed by atoms with Crippen LogP contribution >= 0.6 is 0 Å². The number of rotatable bonds is 4. The van der Waals surface area contributed by atoms with Crippen LogP contribution in [-0.2, 0) is 0 Å². The SMILES string of the molecule is O=Cc1ccc(-c2ccc(OC(F)(F)F)c(OC(F)(F)F)c2)o1. The average Bonchev–Trinajstić information content (AvgIpc) is 2.86. The fraction of sp³-hybridized carbons (Fsp3) is 0.154. The van der Waals surface area contributed by atoms with Crippen LogP contribution in [0.3, 0.4) is 0 Å².